The number of para-hydroxylation sites is 2. The molecule has 0 saturated heterocycles. The van der Waals surface area contributed by atoms with Crippen LogP contribution in [0.4, 0.5) is 0 Å². The van der Waals surface area contributed by atoms with Crippen LogP contribution in [-0.4, -0.2) is 88.0 Å². The van der Waals surface area contributed by atoms with Gasteiger partial charge in [0.05, 0.1) is 11.3 Å². The molecule has 0 aliphatic rings. The van der Waals surface area contributed by atoms with Crippen molar-refractivity contribution in [1.29, 1.82) is 0 Å². The van der Waals surface area contributed by atoms with Crippen LogP contribution in [0, 0.1) is 0 Å². The van der Waals surface area contributed by atoms with E-state index in [0.717, 1.165) is 21.5 Å². The average Bonchev–Trinajstić information content (AvgIpc) is 3.86. The summed E-state index contributed by atoms with van der Waals surface area (Å²) in [5.41, 5.74) is 5.53. The molecule has 0 atom stereocenters. The Balaban J connectivity index is 1.50. The monoisotopic (exact) mass is 650 g/mol. The fourth-order valence-corrected chi connectivity index (χ4v) is 7.96. The van der Waals surface area contributed by atoms with Gasteiger partial charge in [-0.15, -0.1) is 21.9 Å². The zero-order valence-electron chi connectivity index (χ0n) is 27.9. The molecule has 7 aromatic carbocycles. The molecule has 0 unspecified atom stereocenters. The van der Waals surface area contributed by atoms with E-state index in [-0.39, 0.29) is 54.6 Å². The van der Waals surface area contributed by atoms with Gasteiger partial charge in [0, 0.05) is 27.2 Å². The lowest BCUT2D eigenvalue weighted by Gasteiger charge is -2.22. The highest BCUT2D eigenvalue weighted by Gasteiger charge is 2.28. The molecule has 0 fully saturated rings. The quantitative estimate of drug-likeness (QED) is 0.220. The highest BCUT2D eigenvalue weighted by molar-refractivity contribution is 6.73. The van der Waals surface area contributed by atoms with Gasteiger partial charge in [-0.3, -0.25) is 0 Å². The van der Waals surface area contributed by atoms with Crippen LogP contribution in [0.25, 0.3) is 93.5 Å². The molecule has 0 aliphatic carbocycles. The van der Waals surface area contributed by atoms with E-state index in [9.17, 15) is 0 Å². The number of fused-ring (bicyclic) bond motifs is 9. The standard InChI is InChI=1S/C39H12B10N2O2/c40-27-23-24(29(42)33(46)32(45)28(23)41)31(44)37-25(27)26-30(43)34(47)35(48)36(49)38(26)51(37)17-9-10-19-21(22(17)39-50-16-7-3-4-8-18(16)53-39)15-11-13-5-1-2-6-14(13)12-20(15)52-19/h1-12H. The Morgan fingerprint density at radius 3 is 1.70 bits per heavy atom. The number of rotatable bonds is 2. The zero-order chi connectivity index (χ0) is 36.8. The van der Waals surface area contributed by atoms with E-state index < -0.39 is 0 Å². The number of furan rings is 1. The summed E-state index contributed by atoms with van der Waals surface area (Å²) in [5, 5.41) is 5.02. The van der Waals surface area contributed by atoms with Crippen molar-refractivity contribution < 1.29 is 8.83 Å². The van der Waals surface area contributed by atoms with Crippen LogP contribution in [0.5, 0.6) is 0 Å². The van der Waals surface area contributed by atoms with Crippen molar-refractivity contribution in [1.82, 2.24) is 9.55 Å². The van der Waals surface area contributed by atoms with Gasteiger partial charge in [0.1, 0.15) is 95.1 Å². The Morgan fingerprint density at radius 2 is 1.00 bits per heavy atom. The molecule has 0 spiro atoms. The van der Waals surface area contributed by atoms with Crippen LogP contribution < -0.4 is 54.6 Å². The first-order valence-electron chi connectivity index (χ1n) is 16.5. The van der Waals surface area contributed by atoms with Gasteiger partial charge in [0.25, 0.3) is 0 Å². The predicted octanol–water partition coefficient (Wildman–Crippen LogP) is -1.26. The molecule has 3 heterocycles. The molecule has 10 aromatic rings. The second kappa shape index (κ2) is 11.1. The first kappa shape index (κ1) is 32.4. The fraction of sp³-hybridized carbons (Fsp3) is 0. The highest BCUT2D eigenvalue weighted by atomic mass is 16.3. The van der Waals surface area contributed by atoms with E-state index in [0.29, 0.717) is 72.0 Å². The van der Waals surface area contributed by atoms with Crippen molar-refractivity contribution in [2.75, 3.05) is 0 Å². The van der Waals surface area contributed by atoms with E-state index >= 15 is 0 Å². The summed E-state index contributed by atoms with van der Waals surface area (Å²) < 4.78 is 14.9. The maximum atomic E-state index is 7.18. The Morgan fingerprint density at radius 1 is 0.434 bits per heavy atom. The third-order valence-corrected chi connectivity index (χ3v) is 10.5. The minimum atomic E-state index is 0.0707. The molecular formula is C39H12B10N2O2. The van der Waals surface area contributed by atoms with E-state index in [2.05, 4.69) is 6.07 Å². The number of hydrogen-bond acceptors (Lipinski definition) is 3. The van der Waals surface area contributed by atoms with E-state index in [1.165, 1.54) is 0 Å². The minimum Gasteiger partial charge on any atom is -0.456 e. The van der Waals surface area contributed by atoms with Crippen LogP contribution in [-0.2, 0) is 0 Å². The molecule has 0 aliphatic heterocycles. The molecule has 20 radical (unpaired) electrons. The molecule has 53 heavy (non-hydrogen) atoms. The summed E-state index contributed by atoms with van der Waals surface area (Å²) in [4.78, 5) is 4.98. The zero-order valence-corrected chi connectivity index (χ0v) is 27.9. The van der Waals surface area contributed by atoms with Gasteiger partial charge in [0.2, 0.25) is 5.89 Å². The molecular weight excluding hydrogens is 637 g/mol. The predicted molar refractivity (Wildman–Crippen MR) is 230 cm³/mol. The Hall–Kier alpha value is -5.22. The summed E-state index contributed by atoms with van der Waals surface area (Å²) in [6.45, 7) is 0. The number of nitrogens with zero attached hydrogens (tertiary/aromatic N) is 2. The van der Waals surface area contributed by atoms with Gasteiger partial charge in [-0.1, -0.05) is 69.2 Å². The highest BCUT2D eigenvalue weighted by Crippen LogP contribution is 2.44. The van der Waals surface area contributed by atoms with Crippen LogP contribution in [0.2, 0.25) is 0 Å². The van der Waals surface area contributed by atoms with Gasteiger partial charge in [-0.2, -0.15) is 0 Å². The SMILES string of the molecule is [B]c1c([B])c([B])c2c([B])c3c(c([B])c2c1[B])c1c([B])c([B])c([B])c([B])c1n3-c1ccc2oc3cc4ccccc4cc3c2c1-c1nc2ccccc2o1. The third kappa shape index (κ3) is 4.18. The molecule has 4 nitrogen and oxygen atoms in total. The van der Waals surface area contributed by atoms with Crippen molar-refractivity contribution in [3.63, 3.8) is 0 Å². The fourth-order valence-electron chi connectivity index (χ4n) is 7.96. The average molecular weight is 649 g/mol. The maximum Gasteiger partial charge on any atom is 0.230 e. The summed E-state index contributed by atoms with van der Waals surface area (Å²) in [7, 11) is 66.9. The second-order valence-corrected chi connectivity index (χ2v) is 13.3. The first-order valence-corrected chi connectivity index (χ1v) is 16.5. The first-order chi connectivity index (χ1) is 25.5. The molecule has 0 N–H and O–H groups in total. The lowest BCUT2D eigenvalue weighted by Crippen LogP contribution is -2.50. The van der Waals surface area contributed by atoms with Crippen molar-refractivity contribution >= 4 is 209 Å². The minimum absolute atomic E-state index is 0.0707. The Bertz CT molecular complexity index is 3280. The normalized spacial score (nSPS) is 12.2. The van der Waals surface area contributed by atoms with Gasteiger partial charge >= 0.3 is 0 Å². The van der Waals surface area contributed by atoms with Crippen LogP contribution >= 0.6 is 0 Å². The number of aromatic nitrogens is 2. The van der Waals surface area contributed by atoms with Crippen LogP contribution in [0.3, 0.4) is 0 Å². The molecule has 0 saturated carbocycles. The Labute approximate surface area is 316 Å². The summed E-state index contributed by atoms with van der Waals surface area (Å²) >= 11 is 0. The molecule has 3 aromatic heterocycles. The molecule has 220 valence electrons. The van der Waals surface area contributed by atoms with Gasteiger partial charge < -0.3 is 13.4 Å². The summed E-state index contributed by atoms with van der Waals surface area (Å²) in [5.74, 6) is 0.306. The van der Waals surface area contributed by atoms with Crippen LogP contribution in [0.15, 0.2) is 81.6 Å². The van der Waals surface area contributed by atoms with Gasteiger partial charge in [-0.25, -0.2) is 4.98 Å². The topological polar surface area (TPSA) is 44.1 Å². The van der Waals surface area contributed by atoms with Crippen molar-refractivity contribution in [2.24, 2.45) is 0 Å². The van der Waals surface area contributed by atoms with E-state index in [1.54, 1.807) is 0 Å². The van der Waals surface area contributed by atoms with Gasteiger partial charge in [-0.05, 0) is 63.3 Å². The molecule has 14 heteroatoms. The van der Waals surface area contributed by atoms with Crippen LogP contribution in [0.1, 0.15) is 0 Å². The smallest absolute Gasteiger partial charge is 0.230 e. The van der Waals surface area contributed by atoms with Crippen molar-refractivity contribution in [3.8, 4) is 17.1 Å². The molecule has 0 amide bonds. The number of benzene rings is 7. The third-order valence-electron chi connectivity index (χ3n) is 10.5. The second-order valence-electron chi connectivity index (χ2n) is 13.3. The van der Waals surface area contributed by atoms with E-state index in [1.807, 2.05) is 71.3 Å². The van der Waals surface area contributed by atoms with E-state index in [4.69, 9.17) is 92.3 Å². The number of hydrogen-bond donors (Lipinski definition) is 0. The summed E-state index contributed by atoms with van der Waals surface area (Å²) in [6.07, 6.45) is 0. The maximum absolute atomic E-state index is 7.18. The largest absolute Gasteiger partial charge is 0.456 e. The van der Waals surface area contributed by atoms with Crippen molar-refractivity contribution in [3.05, 3.63) is 72.8 Å². The summed E-state index contributed by atoms with van der Waals surface area (Å²) in [6, 6.07) is 23.4. The lowest BCUT2D eigenvalue weighted by molar-refractivity contribution is 0.620. The molecule has 10 rings (SSSR count). The Kier molecular flexibility index (Phi) is 6.82. The van der Waals surface area contributed by atoms with Crippen molar-refractivity contribution in [2.45, 2.75) is 0 Å². The lowest BCUT2D eigenvalue weighted by atomic mass is 9.61. The molecule has 0 bridgehead atoms. The number of oxazole rings is 1. The van der Waals surface area contributed by atoms with Gasteiger partial charge in [0.15, 0.2) is 5.58 Å².